The second-order valence-corrected chi connectivity index (χ2v) is 9.04. The van der Waals surface area contributed by atoms with Gasteiger partial charge in [-0.25, -0.2) is 4.98 Å². The fraction of sp³-hybridized carbons (Fsp3) is 0.579. The first kappa shape index (κ1) is 18.8. The Balaban J connectivity index is 2.29. The summed E-state index contributed by atoms with van der Waals surface area (Å²) in [6.07, 6.45) is 1.35. The summed E-state index contributed by atoms with van der Waals surface area (Å²) >= 11 is 1.61. The van der Waals surface area contributed by atoms with Crippen molar-refractivity contribution < 1.29 is 9.59 Å². The molecule has 2 aromatic heterocycles. The first-order chi connectivity index (χ1) is 12.1. The summed E-state index contributed by atoms with van der Waals surface area (Å²) in [4.78, 5) is 46.1. The minimum atomic E-state index is -1.09. The highest BCUT2D eigenvalue weighted by molar-refractivity contribution is 7.13. The predicted octanol–water partition coefficient (Wildman–Crippen LogP) is 2.77. The number of amides is 2. The Morgan fingerprint density at radius 1 is 1.23 bits per heavy atom. The highest BCUT2D eigenvalue weighted by Crippen LogP contribution is 2.33. The Kier molecular flexibility index (Phi) is 4.55. The molecule has 0 aromatic carbocycles. The number of fused-ring (bicyclic) bond motifs is 1. The lowest BCUT2D eigenvalue weighted by molar-refractivity contribution is -0.154. The second kappa shape index (κ2) is 6.30. The molecule has 1 fully saturated rings. The SMILES string of the molecule is Cc1sc(CC(C)C)c2c(=O)n(C3(C)CCC(=O)N(C)C3=O)c(C)nc12. The Morgan fingerprint density at radius 3 is 2.50 bits per heavy atom. The zero-order valence-electron chi connectivity index (χ0n) is 16.2. The predicted molar refractivity (Wildman–Crippen MR) is 103 cm³/mol. The molecule has 0 radical (unpaired) electrons. The third kappa shape index (κ3) is 2.69. The number of carbonyl (C=O) groups is 2. The number of thiophene rings is 1. The molecule has 0 spiro atoms. The molecule has 1 saturated heterocycles. The number of likely N-dealkylation sites (N-methyl/N-ethyl adjacent to an activating group) is 1. The summed E-state index contributed by atoms with van der Waals surface area (Å²) in [7, 11) is 1.48. The summed E-state index contributed by atoms with van der Waals surface area (Å²) in [5, 5.41) is 0.625. The Bertz CT molecular complexity index is 973. The third-order valence-corrected chi connectivity index (χ3v) is 6.31. The Hall–Kier alpha value is -2.02. The molecule has 3 rings (SSSR count). The number of carbonyl (C=O) groups excluding carboxylic acids is 2. The molecule has 2 aromatic rings. The molecule has 1 unspecified atom stereocenters. The van der Waals surface area contributed by atoms with Crippen molar-refractivity contribution in [3.8, 4) is 0 Å². The first-order valence-corrected chi connectivity index (χ1v) is 9.72. The van der Waals surface area contributed by atoms with Gasteiger partial charge in [0.15, 0.2) is 0 Å². The average Bonchev–Trinajstić information content (AvgIpc) is 2.84. The van der Waals surface area contributed by atoms with Gasteiger partial charge in [-0.3, -0.25) is 23.9 Å². The van der Waals surface area contributed by atoms with Crippen LogP contribution in [0.5, 0.6) is 0 Å². The van der Waals surface area contributed by atoms with Gasteiger partial charge >= 0.3 is 0 Å². The smallest absolute Gasteiger partial charge is 0.263 e. The Morgan fingerprint density at radius 2 is 1.88 bits per heavy atom. The summed E-state index contributed by atoms with van der Waals surface area (Å²) in [6.45, 7) is 9.71. The topological polar surface area (TPSA) is 72.3 Å². The minimum Gasteiger partial charge on any atom is -0.284 e. The van der Waals surface area contributed by atoms with Crippen LogP contribution in [0.2, 0.25) is 0 Å². The highest BCUT2D eigenvalue weighted by Gasteiger charge is 2.45. The lowest BCUT2D eigenvalue weighted by atomic mass is 9.89. The fourth-order valence-corrected chi connectivity index (χ4v) is 5.14. The van der Waals surface area contributed by atoms with E-state index in [1.807, 2.05) is 6.92 Å². The molecule has 0 saturated carbocycles. The summed E-state index contributed by atoms with van der Waals surface area (Å²) in [6, 6.07) is 0. The van der Waals surface area contributed by atoms with E-state index in [1.54, 1.807) is 25.2 Å². The molecule has 1 atom stereocenters. The molecule has 26 heavy (non-hydrogen) atoms. The minimum absolute atomic E-state index is 0.175. The van der Waals surface area contributed by atoms with E-state index in [0.29, 0.717) is 23.5 Å². The third-order valence-electron chi connectivity index (χ3n) is 5.19. The maximum Gasteiger partial charge on any atom is 0.263 e. The van der Waals surface area contributed by atoms with Crippen molar-refractivity contribution in [1.82, 2.24) is 14.5 Å². The van der Waals surface area contributed by atoms with Gasteiger partial charge in [-0.15, -0.1) is 11.3 Å². The molecule has 3 heterocycles. The van der Waals surface area contributed by atoms with Crippen molar-refractivity contribution in [3.05, 3.63) is 25.9 Å². The van der Waals surface area contributed by atoms with Crippen LogP contribution in [0.3, 0.4) is 0 Å². The van der Waals surface area contributed by atoms with Gasteiger partial charge in [0.05, 0.1) is 10.9 Å². The zero-order valence-corrected chi connectivity index (χ0v) is 17.0. The van der Waals surface area contributed by atoms with E-state index in [2.05, 4.69) is 18.8 Å². The number of imide groups is 1. The zero-order chi connectivity index (χ0) is 19.4. The van der Waals surface area contributed by atoms with Gasteiger partial charge in [0.1, 0.15) is 11.4 Å². The van der Waals surface area contributed by atoms with Gasteiger partial charge in [0.2, 0.25) is 5.91 Å². The van der Waals surface area contributed by atoms with E-state index in [1.165, 1.54) is 11.6 Å². The van der Waals surface area contributed by atoms with Crippen molar-refractivity contribution in [1.29, 1.82) is 0 Å². The van der Waals surface area contributed by atoms with Crippen LogP contribution in [0.4, 0.5) is 0 Å². The molecule has 6 nitrogen and oxygen atoms in total. The maximum absolute atomic E-state index is 13.5. The molecular weight excluding hydrogens is 350 g/mol. The monoisotopic (exact) mass is 375 g/mol. The summed E-state index contributed by atoms with van der Waals surface area (Å²) in [5.74, 6) is 0.371. The summed E-state index contributed by atoms with van der Waals surface area (Å²) < 4.78 is 1.51. The first-order valence-electron chi connectivity index (χ1n) is 8.91. The van der Waals surface area contributed by atoms with Crippen LogP contribution in [0.25, 0.3) is 10.9 Å². The van der Waals surface area contributed by atoms with Crippen molar-refractivity contribution in [2.45, 2.75) is 59.4 Å². The van der Waals surface area contributed by atoms with E-state index in [0.717, 1.165) is 26.6 Å². The standard InChI is InChI=1S/C19H25N3O3S/c1-10(2)9-13-15-16(11(3)26-13)20-12(4)22(17(15)24)19(5)8-7-14(23)21(6)18(19)25/h10H,7-9H2,1-6H3. The lowest BCUT2D eigenvalue weighted by Crippen LogP contribution is -2.57. The van der Waals surface area contributed by atoms with E-state index in [-0.39, 0.29) is 23.8 Å². The van der Waals surface area contributed by atoms with Gasteiger partial charge < -0.3 is 0 Å². The molecular formula is C19H25N3O3S. The number of nitrogens with zero attached hydrogens (tertiary/aromatic N) is 3. The molecule has 1 aliphatic rings. The van der Waals surface area contributed by atoms with Gasteiger partial charge in [-0.2, -0.15) is 0 Å². The van der Waals surface area contributed by atoms with Crippen LogP contribution in [0, 0.1) is 19.8 Å². The van der Waals surface area contributed by atoms with E-state index >= 15 is 0 Å². The van der Waals surface area contributed by atoms with Crippen LogP contribution < -0.4 is 5.56 Å². The number of piperidine rings is 1. The summed E-state index contributed by atoms with van der Waals surface area (Å²) in [5.41, 5.74) is -0.526. The van der Waals surface area contributed by atoms with Gasteiger partial charge in [-0.05, 0) is 39.5 Å². The molecule has 1 aliphatic heterocycles. The van der Waals surface area contributed by atoms with Crippen molar-refractivity contribution in [2.75, 3.05) is 7.05 Å². The largest absolute Gasteiger partial charge is 0.284 e. The number of rotatable bonds is 3. The van der Waals surface area contributed by atoms with Crippen molar-refractivity contribution in [3.63, 3.8) is 0 Å². The van der Waals surface area contributed by atoms with E-state index < -0.39 is 5.54 Å². The number of likely N-dealkylation sites (tertiary alicyclic amines) is 1. The quantitative estimate of drug-likeness (QED) is 0.774. The van der Waals surface area contributed by atoms with Gasteiger partial charge in [-0.1, -0.05) is 13.8 Å². The molecule has 0 bridgehead atoms. The fourth-order valence-electron chi connectivity index (χ4n) is 3.82. The average molecular weight is 375 g/mol. The van der Waals surface area contributed by atoms with Crippen LogP contribution in [0.1, 0.15) is 49.2 Å². The number of aryl methyl sites for hydroxylation is 2. The lowest BCUT2D eigenvalue weighted by Gasteiger charge is -2.38. The normalized spacial score (nSPS) is 21.3. The van der Waals surface area contributed by atoms with Crippen LogP contribution in [0.15, 0.2) is 4.79 Å². The number of hydrogen-bond acceptors (Lipinski definition) is 5. The molecule has 2 amide bonds. The van der Waals surface area contributed by atoms with Crippen molar-refractivity contribution in [2.24, 2.45) is 5.92 Å². The maximum atomic E-state index is 13.5. The van der Waals surface area contributed by atoms with Crippen LogP contribution in [-0.2, 0) is 21.5 Å². The van der Waals surface area contributed by atoms with Crippen LogP contribution >= 0.6 is 11.3 Å². The van der Waals surface area contributed by atoms with Crippen molar-refractivity contribution >= 4 is 34.1 Å². The van der Waals surface area contributed by atoms with Gasteiger partial charge in [0.25, 0.3) is 11.5 Å². The number of aromatic nitrogens is 2. The van der Waals surface area contributed by atoms with Gasteiger partial charge in [0, 0.05) is 23.2 Å². The molecule has 0 aliphatic carbocycles. The molecule has 7 heteroatoms. The second-order valence-electron chi connectivity index (χ2n) is 7.73. The Labute approximate surface area is 156 Å². The van der Waals surface area contributed by atoms with E-state index in [4.69, 9.17) is 0 Å². The molecule has 0 N–H and O–H groups in total. The van der Waals surface area contributed by atoms with Crippen LogP contribution in [-0.4, -0.2) is 33.3 Å². The number of hydrogen-bond donors (Lipinski definition) is 0. The highest BCUT2D eigenvalue weighted by atomic mass is 32.1. The molecule has 140 valence electrons. The van der Waals surface area contributed by atoms with E-state index in [9.17, 15) is 14.4 Å².